The molecular weight excluding hydrogens is 388 g/mol. The Morgan fingerprint density at radius 2 is 2.11 bits per heavy atom. The topological polar surface area (TPSA) is 29.3 Å². The molecule has 2 rings (SSSR count). The number of thiophene rings is 1. The van der Waals surface area contributed by atoms with Gasteiger partial charge in [0.15, 0.2) is 0 Å². The van der Waals surface area contributed by atoms with Crippen LogP contribution in [0.4, 0.5) is 0 Å². The van der Waals surface area contributed by atoms with Crippen LogP contribution in [0.5, 0.6) is 0 Å². The van der Waals surface area contributed by atoms with Gasteiger partial charge >= 0.3 is 0 Å². The minimum absolute atomic E-state index is 0.670. The summed E-state index contributed by atoms with van der Waals surface area (Å²) in [6.45, 7) is 5.25. The van der Waals surface area contributed by atoms with E-state index in [0.29, 0.717) is 12.0 Å². The number of hydrogen-bond acceptors (Lipinski definition) is 3. The highest BCUT2D eigenvalue weighted by molar-refractivity contribution is 9.13. The van der Waals surface area contributed by atoms with Crippen LogP contribution in [0.25, 0.3) is 0 Å². The second kappa shape index (κ2) is 7.55. The summed E-state index contributed by atoms with van der Waals surface area (Å²) in [5.41, 5.74) is 5.97. The van der Waals surface area contributed by atoms with Gasteiger partial charge in [0.2, 0.25) is 0 Å². The predicted octanol–water partition coefficient (Wildman–Crippen LogP) is 4.61. The van der Waals surface area contributed by atoms with Crippen LogP contribution in [0.15, 0.2) is 14.3 Å². The van der Waals surface area contributed by atoms with Gasteiger partial charge in [-0.05, 0) is 69.8 Å². The summed E-state index contributed by atoms with van der Waals surface area (Å²) in [5.74, 6) is 0.681. The lowest BCUT2D eigenvalue weighted by molar-refractivity contribution is 0.106. The van der Waals surface area contributed by atoms with Crippen molar-refractivity contribution in [3.8, 4) is 0 Å². The molecule has 0 aromatic carbocycles. The van der Waals surface area contributed by atoms with Crippen LogP contribution < -0.4 is 5.73 Å². The second-order valence-corrected chi connectivity index (χ2v) is 8.55. The van der Waals surface area contributed by atoms with Crippen molar-refractivity contribution in [2.75, 3.05) is 13.1 Å². The molecule has 1 heterocycles. The normalized spacial score (nSPS) is 24.1. The van der Waals surface area contributed by atoms with Crippen molar-refractivity contribution < 1.29 is 0 Å². The van der Waals surface area contributed by atoms with Crippen molar-refractivity contribution in [2.24, 2.45) is 11.7 Å². The first-order chi connectivity index (χ1) is 9.15. The van der Waals surface area contributed by atoms with Crippen LogP contribution in [0.2, 0.25) is 0 Å². The summed E-state index contributed by atoms with van der Waals surface area (Å²) in [4.78, 5) is 4.03. The number of halogens is 2. The zero-order chi connectivity index (χ0) is 13.8. The average Bonchev–Trinajstić information content (AvgIpc) is 2.75. The lowest BCUT2D eigenvalue weighted by atomic mass is 9.83. The Balaban J connectivity index is 2.06. The standard InChI is InChI=1S/C14H22Br2N2S/c1-2-18(9-11-7-12(15)14(16)19-11)13-6-4-3-5-10(13)8-17/h7,10,13H,2-6,8-9,17H2,1H3. The Hall–Kier alpha value is 0.580. The molecule has 2 nitrogen and oxygen atoms in total. The number of rotatable bonds is 5. The fourth-order valence-electron chi connectivity index (χ4n) is 3.08. The highest BCUT2D eigenvalue weighted by Crippen LogP contribution is 2.35. The Bertz CT molecular complexity index is 389. The molecule has 1 saturated carbocycles. The summed E-state index contributed by atoms with van der Waals surface area (Å²) in [7, 11) is 0. The zero-order valence-corrected chi connectivity index (χ0v) is 15.4. The molecule has 0 saturated heterocycles. The summed E-state index contributed by atoms with van der Waals surface area (Å²) in [6, 6.07) is 2.90. The van der Waals surface area contributed by atoms with Crippen LogP contribution >= 0.6 is 43.2 Å². The molecule has 1 aliphatic rings. The third-order valence-corrected chi connectivity index (χ3v) is 7.34. The largest absolute Gasteiger partial charge is 0.330 e. The fraction of sp³-hybridized carbons (Fsp3) is 0.714. The number of hydrogen-bond donors (Lipinski definition) is 1. The van der Waals surface area contributed by atoms with Gasteiger partial charge < -0.3 is 5.73 Å². The van der Waals surface area contributed by atoms with Crippen LogP contribution in [-0.4, -0.2) is 24.0 Å². The first-order valence-corrected chi connectivity index (χ1v) is 9.43. The first-order valence-electron chi connectivity index (χ1n) is 7.03. The molecule has 0 spiro atoms. The van der Waals surface area contributed by atoms with E-state index in [1.807, 2.05) is 11.3 Å². The van der Waals surface area contributed by atoms with Crippen molar-refractivity contribution in [3.05, 3.63) is 19.2 Å². The Kier molecular flexibility index (Phi) is 6.34. The average molecular weight is 410 g/mol. The van der Waals surface area contributed by atoms with Crippen LogP contribution in [0.1, 0.15) is 37.5 Å². The highest BCUT2D eigenvalue weighted by atomic mass is 79.9. The number of nitrogens with two attached hydrogens (primary N) is 1. The van der Waals surface area contributed by atoms with E-state index in [9.17, 15) is 0 Å². The van der Waals surface area contributed by atoms with Gasteiger partial charge in [0, 0.05) is 21.9 Å². The van der Waals surface area contributed by atoms with Crippen LogP contribution in [-0.2, 0) is 6.54 Å². The van der Waals surface area contributed by atoms with Gasteiger partial charge in [0.1, 0.15) is 0 Å². The van der Waals surface area contributed by atoms with Gasteiger partial charge in [-0.15, -0.1) is 11.3 Å². The third-order valence-electron chi connectivity index (χ3n) is 4.10. The minimum Gasteiger partial charge on any atom is -0.330 e. The predicted molar refractivity (Wildman–Crippen MR) is 90.6 cm³/mol. The van der Waals surface area contributed by atoms with E-state index in [1.54, 1.807) is 0 Å². The van der Waals surface area contributed by atoms with Gasteiger partial charge in [-0.1, -0.05) is 19.8 Å². The van der Waals surface area contributed by atoms with Crippen molar-refractivity contribution in [1.29, 1.82) is 0 Å². The van der Waals surface area contributed by atoms with Gasteiger partial charge in [0.05, 0.1) is 3.79 Å². The molecule has 2 atom stereocenters. The molecule has 1 aromatic heterocycles. The Labute approximate surface area is 137 Å². The lowest BCUT2D eigenvalue weighted by Crippen LogP contribution is -2.44. The maximum absolute atomic E-state index is 5.97. The molecule has 1 aliphatic carbocycles. The third kappa shape index (κ3) is 4.03. The monoisotopic (exact) mass is 408 g/mol. The van der Waals surface area contributed by atoms with E-state index in [2.05, 4.69) is 49.7 Å². The highest BCUT2D eigenvalue weighted by Gasteiger charge is 2.28. The zero-order valence-electron chi connectivity index (χ0n) is 11.4. The van der Waals surface area contributed by atoms with Crippen molar-refractivity contribution in [3.63, 3.8) is 0 Å². The molecule has 2 unspecified atom stereocenters. The van der Waals surface area contributed by atoms with Crippen LogP contribution in [0.3, 0.4) is 0 Å². The van der Waals surface area contributed by atoms with E-state index in [-0.39, 0.29) is 0 Å². The summed E-state index contributed by atoms with van der Waals surface area (Å²) in [6.07, 6.45) is 5.32. The minimum atomic E-state index is 0.670. The molecule has 19 heavy (non-hydrogen) atoms. The fourth-order valence-corrected chi connectivity index (χ4v) is 5.28. The van der Waals surface area contributed by atoms with Crippen molar-refractivity contribution in [1.82, 2.24) is 4.90 Å². The Morgan fingerprint density at radius 1 is 1.37 bits per heavy atom. The van der Waals surface area contributed by atoms with E-state index >= 15 is 0 Å². The maximum Gasteiger partial charge on any atom is 0.0843 e. The number of nitrogens with zero attached hydrogens (tertiary/aromatic N) is 1. The molecule has 5 heteroatoms. The molecule has 0 bridgehead atoms. The van der Waals surface area contributed by atoms with E-state index in [1.165, 1.54) is 38.8 Å². The van der Waals surface area contributed by atoms with Gasteiger partial charge in [-0.25, -0.2) is 0 Å². The SMILES string of the molecule is CCN(Cc1cc(Br)c(Br)s1)C1CCCCC1CN. The Morgan fingerprint density at radius 3 is 2.68 bits per heavy atom. The first kappa shape index (κ1) is 16.0. The van der Waals surface area contributed by atoms with E-state index < -0.39 is 0 Å². The summed E-state index contributed by atoms with van der Waals surface area (Å²) < 4.78 is 2.36. The van der Waals surface area contributed by atoms with E-state index in [4.69, 9.17) is 5.73 Å². The molecule has 2 N–H and O–H groups in total. The lowest BCUT2D eigenvalue weighted by Gasteiger charge is -2.39. The molecule has 0 aliphatic heterocycles. The molecule has 1 aromatic rings. The van der Waals surface area contributed by atoms with Crippen molar-refractivity contribution >= 4 is 43.2 Å². The summed E-state index contributed by atoms with van der Waals surface area (Å²) >= 11 is 8.98. The smallest absolute Gasteiger partial charge is 0.0843 e. The van der Waals surface area contributed by atoms with Gasteiger partial charge in [0.25, 0.3) is 0 Å². The van der Waals surface area contributed by atoms with Crippen molar-refractivity contribution in [2.45, 2.75) is 45.2 Å². The maximum atomic E-state index is 5.97. The second-order valence-electron chi connectivity index (χ2n) is 5.25. The quantitative estimate of drug-likeness (QED) is 0.768. The van der Waals surface area contributed by atoms with E-state index in [0.717, 1.165) is 19.6 Å². The molecular formula is C14H22Br2N2S. The molecule has 0 radical (unpaired) electrons. The van der Waals surface area contributed by atoms with Gasteiger partial charge in [-0.2, -0.15) is 0 Å². The van der Waals surface area contributed by atoms with Gasteiger partial charge in [-0.3, -0.25) is 4.90 Å². The molecule has 1 fully saturated rings. The van der Waals surface area contributed by atoms with Crippen LogP contribution in [0, 0.1) is 5.92 Å². The summed E-state index contributed by atoms with van der Waals surface area (Å²) in [5, 5.41) is 0. The molecule has 0 amide bonds. The molecule has 108 valence electrons.